The van der Waals surface area contributed by atoms with E-state index in [1.54, 1.807) is 0 Å². The van der Waals surface area contributed by atoms with E-state index in [1.165, 1.54) is 24.3 Å². The van der Waals surface area contributed by atoms with Gasteiger partial charge in [-0.15, -0.1) is 11.8 Å². The first-order valence-electron chi connectivity index (χ1n) is 9.22. The Bertz CT molecular complexity index is 1170. The summed E-state index contributed by atoms with van der Waals surface area (Å²) in [6, 6.07) is 6.74. The average Bonchev–Trinajstić information content (AvgIpc) is 3.02. The minimum atomic E-state index is -1.01. The lowest BCUT2D eigenvalue weighted by Gasteiger charge is -2.12. The monoisotopic (exact) mass is 495 g/mol. The first-order valence-corrected chi connectivity index (χ1v) is 11.0. The van der Waals surface area contributed by atoms with E-state index in [-0.39, 0.29) is 28.6 Å². The first kappa shape index (κ1) is 24.4. The second kappa shape index (κ2) is 10.6. The number of nitro benzene ring substituents is 1. The summed E-state index contributed by atoms with van der Waals surface area (Å²) in [5.41, 5.74) is -0.240. The molecule has 0 atom stereocenters. The van der Waals surface area contributed by atoms with Gasteiger partial charge in [-0.3, -0.25) is 29.4 Å². The predicted molar refractivity (Wildman–Crippen MR) is 119 cm³/mol. The Morgan fingerprint density at radius 1 is 1.24 bits per heavy atom. The molecule has 172 valence electrons. The first-order chi connectivity index (χ1) is 15.7. The third-order valence-corrected chi connectivity index (χ3v) is 6.16. The number of thioether (sulfide) groups is 2. The van der Waals surface area contributed by atoms with Gasteiger partial charge in [0.05, 0.1) is 27.0 Å². The number of amides is 3. The Labute approximate surface area is 194 Å². The molecule has 0 aliphatic carbocycles. The molecule has 2 N–H and O–H groups in total. The summed E-state index contributed by atoms with van der Waals surface area (Å²) >= 11 is 1.65. The number of nitrogens with zero attached hydrogens (tertiary/aromatic N) is 2. The number of benzene rings is 2. The van der Waals surface area contributed by atoms with Crippen LogP contribution in [0.3, 0.4) is 0 Å². The molecule has 3 rings (SSSR count). The number of rotatable bonds is 8. The standard InChI is InChI=1S/C20H15F2N3O6S2/c21-12-2-3-14(13(22)9-12)23-18(27)10-24-19(28)17(33-20(24)29)8-11-1-4-16(32-6-5-26)15(7-11)25(30)31/h1-4,7-9,26H,5-6,10H2,(H,23,27). The van der Waals surface area contributed by atoms with Crippen molar-refractivity contribution in [3.8, 4) is 0 Å². The van der Waals surface area contributed by atoms with Crippen molar-refractivity contribution < 1.29 is 33.2 Å². The second-order valence-electron chi connectivity index (χ2n) is 6.50. The van der Waals surface area contributed by atoms with E-state index >= 15 is 0 Å². The third-order valence-electron chi connectivity index (χ3n) is 4.21. The van der Waals surface area contributed by atoms with Crippen LogP contribution in [0.1, 0.15) is 5.56 Å². The summed E-state index contributed by atoms with van der Waals surface area (Å²) in [4.78, 5) is 48.7. The number of aliphatic hydroxyl groups is 1. The van der Waals surface area contributed by atoms with Crippen LogP contribution in [0, 0.1) is 21.7 Å². The number of hydrogen-bond acceptors (Lipinski definition) is 8. The fourth-order valence-electron chi connectivity index (χ4n) is 2.76. The lowest BCUT2D eigenvalue weighted by Crippen LogP contribution is -2.36. The zero-order valence-corrected chi connectivity index (χ0v) is 18.3. The maximum Gasteiger partial charge on any atom is 0.294 e. The quantitative estimate of drug-likeness (QED) is 0.246. The largest absolute Gasteiger partial charge is 0.396 e. The van der Waals surface area contributed by atoms with Gasteiger partial charge in [0.2, 0.25) is 5.91 Å². The Morgan fingerprint density at radius 2 is 2.00 bits per heavy atom. The molecule has 0 aromatic heterocycles. The van der Waals surface area contributed by atoms with E-state index in [9.17, 15) is 33.3 Å². The van der Waals surface area contributed by atoms with E-state index in [1.807, 2.05) is 0 Å². The molecule has 2 aromatic rings. The van der Waals surface area contributed by atoms with Gasteiger partial charge in [0.25, 0.3) is 16.8 Å². The molecular weight excluding hydrogens is 480 g/mol. The van der Waals surface area contributed by atoms with Crippen molar-refractivity contribution in [2.24, 2.45) is 0 Å². The molecule has 0 spiro atoms. The third kappa shape index (κ3) is 5.94. The topological polar surface area (TPSA) is 130 Å². The van der Waals surface area contributed by atoms with Crippen molar-refractivity contribution >= 4 is 58.0 Å². The molecule has 1 heterocycles. The van der Waals surface area contributed by atoms with Gasteiger partial charge in [0.1, 0.15) is 18.2 Å². The minimum Gasteiger partial charge on any atom is -0.396 e. The van der Waals surface area contributed by atoms with Crippen LogP contribution >= 0.6 is 23.5 Å². The molecule has 9 nitrogen and oxygen atoms in total. The summed E-state index contributed by atoms with van der Waals surface area (Å²) in [5.74, 6) is -3.24. The number of nitrogens with one attached hydrogen (secondary N) is 1. The van der Waals surface area contributed by atoms with Crippen LogP contribution in [0.15, 0.2) is 46.2 Å². The maximum atomic E-state index is 13.7. The van der Waals surface area contributed by atoms with Crippen LogP contribution in [-0.4, -0.2) is 50.9 Å². The second-order valence-corrected chi connectivity index (χ2v) is 8.63. The number of aliphatic hydroxyl groups excluding tert-OH is 1. The fourth-order valence-corrected chi connectivity index (χ4v) is 4.35. The highest BCUT2D eigenvalue weighted by Crippen LogP contribution is 2.35. The van der Waals surface area contributed by atoms with Gasteiger partial charge in [0, 0.05) is 17.9 Å². The van der Waals surface area contributed by atoms with Crippen LogP contribution in [0.4, 0.5) is 25.0 Å². The molecule has 2 aromatic carbocycles. The number of nitro groups is 1. The van der Waals surface area contributed by atoms with E-state index in [4.69, 9.17) is 5.11 Å². The van der Waals surface area contributed by atoms with Gasteiger partial charge in [0.15, 0.2) is 0 Å². The van der Waals surface area contributed by atoms with E-state index in [0.717, 1.165) is 23.9 Å². The molecule has 0 bridgehead atoms. The molecule has 1 aliphatic heterocycles. The molecule has 1 aliphatic rings. The smallest absolute Gasteiger partial charge is 0.294 e. The molecule has 0 saturated carbocycles. The summed E-state index contributed by atoms with van der Waals surface area (Å²) in [7, 11) is 0. The highest BCUT2D eigenvalue weighted by atomic mass is 32.2. The molecule has 0 radical (unpaired) electrons. The van der Waals surface area contributed by atoms with Gasteiger partial charge in [-0.1, -0.05) is 6.07 Å². The zero-order valence-electron chi connectivity index (χ0n) is 16.6. The van der Waals surface area contributed by atoms with Crippen molar-refractivity contribution in [1.82, 2.24) is 4.90 Å². The van der Waals surface area contributed by atoms with E-state index < -0.39 is 40.2 Å². The van der Waals surface area contributed by atoms with Gasteiger partial charge >= 0.3 is 0 Å². The van der Waals surface area contributed by atoms with E-state index in [2.05, 4.69) is 5.32 Å². The predicted octanol–water partition coefficient (Wildman–Crippen LogP) is 3.63. The van der Waals surface area contributed by atoms with Gasteiger partial charge < -0.3 is 10.4 Å². The molecule has 33 heavy (non-hydrogen) atoms. The van der Waals surface area contributed by atoms with Crippen LogP contribution < -0.4 is 5.32 Å². The summed E-state index contributed by atoms with van der Waals surface area (Å²) in [6.45, 7) is -0.853. The number of imide groups is 1. The normalized spacial score (nSPS) is 14.8. The number of carbonyl (C=O) groups is 3. The SMILES string of the molecule is O=C(CN1C(=O)SC(=Cc2ccc(SCCO)c([N+](=O)[O-])c2)C1=O)Nc1ccc(F)cc1F. The fraction of sp³-hybridized carbons (Fsp3) is 0.150. The minimum absolute atomic E-state index is 0.0502. The zero-order chi connectivity index (χ0) is 24.1. The highest BCUT2D eigenvalue weighted by Gasteiger charge is 2.36. The Kier molecular flexibility index (Phi) is 7.79. The molecule has 13 heteroatoms. The highest BCUT2D eigenvalue weighted by molar-refractivity contribution is 8.18. The summed E-state index contributed by atoms with van der Waals surface area (Å²) in [6.07, 6.45) is 1.29. The number of anilines is 1. The molecular formula is C20H15F2N3O6S2. The van der Waals surface area contributed by atoms with Crippen LogP contribution in [0.25, 0.3) is 6.08 Å². The summed E-state index contributed by atoms with van der Waals surface area (Å²) in [5, 5.41) is 21.7. The average molecular weight is 495 g/mol. The van der Waals surface area contributed by atoms with Crippen LogP contribution in [0.2, 0.25) is 0 Å². The lowest BCUT2D eigenvalue weighted by molar-refractivity contribution is -0.387. The molecule has 1 fully saturated rings. The van der Waals surface area contributed by atoms with Crippen LogP contribution in [0.5, 0.6) is 0 Å². The number of carbonyl (C=O) groups excluding carboxylic acids is 3. The van der Waals surface area contributed by atoms with E-state index in [0.29, 0.717) is 33.2 Å². The molecule has 3 amide bonds. The van der Waals surface area contributed by atoms with Crippen molar-refractivity contribution in [1.29, 1.82) is 0 Å². The van der Waals surface area contributed by atoms with Crippen molar-refractivity contribution in [3.05, 3.63) is 68.6 Å². The Morgan fingerprint density at radius 3 is 2.67 bits per heavy atom. The maximum absolute atomic E-state index is 13.7. The van der Waals surface area contributed by atoms with Crippen molar-refractivity contribution in [2.45, 2.75) is 4.90 Å². The van der Waals surface area contributed by atoms with Crippen molar-refractivity contribution in [3.63, 3.8) is 0 Å². The van der Waals surface area contributed by atoms with Gasteiger partial charge in [-0.2, -0.15) is 0 Å². The number of halogens is 2. The molecule has 1 saturated heterocycles. The number of hydrogen-bond donors (Lipinski definition) is 2. The Balaban J connectivity index is 1.74. The summed E-state index contributed by atoms with van der Waals surface area (Å²) < 4.78 is 26.7. The van der Waals surface area contributed by atoms with Gasteiger partial charge in [-0.25, -0.2) is 8.78 Å². The lowest BCUT2D eigenvalue weighted by atomic mass is 10.2. The Hall–Kier alpha value is -3.29. The van der Waals surface area contributed by atoms with Crippen molar-refractivity contribution in [2.75, 3.05) is 24.2 Å². The van der Waals surface area contributed by atoms with Crippen LogP contribution in [-0.2, 0) is 9.59 Å². The molecule has 0 unspecified atom stereocenters. The van der Waals surface area contributed by atoms with Gasteiger partial charge in [-0.05, 0) is 41.6 Å².